The molecule has 1 aliphatic heterocycles. The highest BCUT2D eigenvalue weighted by molar-refractivity contribution is 7.13. The van der Waals surface area contributed by atoms with Gasteiger partial charge < -0.3 is 14.7 Å². The third-order valence-corrected chi connectivity index (χ3v) is 6.71. The molecule has 3 rings (SSSR count). The normalized spacial score (nSPS) is 20.0. The molecule has 0 spiro atoms. The van der Waals surface area contributed by atoms with E-state index in [1.807, 2.05) is 35.2 Å². The van der Waals surface area contributed by atoms with Gasteiger partial charge in [-0.3, -0.25) is 9.59 Å². The number of rotatable bonds is 11. The minimum absolute atomic E-state index is 0.0247. The zero-order chi connectivity index (χ0) is 21.5. The monoisotopic (exact) mass is 429 g/mol. The van der Waals surface area contributed by atoms with Crippen LogP contribution in [-0.2, 0) is 16.1 Å². The van der Waals surface area contributed by atoms with Crippen LogP contribution < -0.4 is 4.90 Å². The maximum atomic E-state index is 12.6. The van der Waals surface area contributed by atoms with Crippen molar-refractivity contribution in [3.05, 3.63) is 51.7 Å². The Balaban J connectivity index is 1.62. The first-order valence-electron chi connectivity index (χ1n) is 10.7. The molecule has 2 heterocycles. The average molecular weight is 430 g/mol. The number of hydrogen-bond acceptors (Lipinski definition) is 5. The van der Waals surface area contributed by atoms with Crippen LogP contribution in [0.25, 0.3) is 0 Å². The van der Waals surface area contributed by atoms with E-state index in [-0.39, 0.29) is 17.9 Å². The zero-order valence-corrected chi connectivity index (χ0v) is 18.6. The number of nitrogens with zero attached hydrogens (tertiary/aromatic N) is 1. The molecule has 1 fully saturated rings. The van der Waals surface area contributed by atoms with Crippen LogP contribution >= 0.6 is 11.3 Å². The van der Waals surface area contributed by atoms with Gasteiger partial charge in [0.1, 0.15) is 0 Å². The number of aliphatic hydroxyl groups excluding tert-OH is 1. The van der Waals surface area contributed by atoms with E-state index in [1.54, 1.807) is 6.07 Å². The number of ether oxygens (including phenoxy) is 1. The highest BCUT2D eigenvalue weighted by Gasteiger charge is 2.38. The summed E-state index contributed by atoms with van der Waals surface area (Å²) >= 11 is 1.43. The van der Waals surface area contributed by atoms with Gasteiger partial charge in [-0.25, -0.2) is 0 Å². The summed E-state index contributed by atoms with van der Waals surface area (Å²) in [7, 11) is 0. The van der Waals surface area contributed by atoms with Gasteiger partial charge in [0.2, 0.25) is 5.91 Å². The topological polar surface area (TPSA) is 66.8 Å². The highest BCUT2D eigenvalue weighted by atomic mass is 32.1. The molecule has 1 N–H and O–H groups in total. The lowest BCUT2D eigenvalue weighted by Crippen LogP contribution is -2.38. The van der Waals surface area contributed by atoms with Crippen molar-refractivity contribution in [1.29, 1.82) is 0 Å². The Bertz CT molecular complexity index is 832. The van der Waals surface area contributed by atoms with Gasteiger partial charge in [0, 0.05) is 17.0 Å². The predicted molar refractivity (Wildman–Crippen MR) is 120 cm³/mol. The number of anilines is 1. The van der Waals surface area contributed by atoms with E-state index in [2.05, 4.69) is 13.8 Å². The number of carbonyl (C=O) groups is 2. The number of unbranched alkanes of at least 4 members (excludes halogenated alkanes) is 2. The van der Waals surface area contributed by atoms with Gasteiger partial charge in [-0.15, -0.1) is 11.3 Å². The second kappa shape index (κ2) is 10.8. The molecule has 1 saturated heterocycles. The molecule has 2 aromatic rings. The summed E-state index contributed by atoms with van der Waals surface area (Å²) in [6.45, 7) is 5.11. The van der Waals surface area contributed by atoms with Crippen LogP contribution in [0.4, 0.5) is 5.69 Å². The Morgan fingerprint density at radius 3 is 2.67 bits per heavy atom. The van der Waals surface area contributed by atoms with Gasteiger partial charge in [0.15, 0.2) is 6.29 Å². The summed E-state index contributed by atoms with van der Waals surface area (Å²) in [4.78, 5) is 27.0. The minimum atomic E-state index is -0.458. The first kappa shape index (κ1) is 22.7. The lowest BCUT2D eigenvalue weighted by atomic mass is 10.0. The third-order valence-electron chi connectivity index (χ3n) is 5.72. The maximum absolute atomic E-state index is 12.6. The van der Waals surface area contributed by atoms with Crippen LogP contribution in [0.1, 0.15) is 72.2 Å². The van der Waals surface area contributed by atoms with E-state index >= 15 is 0 Å². The summed E-state index contributed by atoms with van der Waals surface area (Å²) in [5.74, 6) is 0.303. The number of aldehydes is 1. The van der Waals surface area contributed by atoms with Crippen molar-refractivity contribution in [2.75, 3.05) is 11.5 Å². The number of thiophene rings is 1. The molecule has 5 nitrogen and oxygen atoms in total. The molecule has 6 heteroatoms. The molecule has 1 aliphatic rings. The van der Waals surface area contributed by atoms with Crippen molar-refractivity contribution >= 4 is 29.2 Å². The smallest absolute Gasteiger partial charge is 0.227 e. The van der Waals surface area contributed by atoms with E-state index in [4.69, 9.17) is 4.74 Å². The van der Waals surface area contributed by atoms with E-state index in [1.165, 1.54) is 11.3 Å². The summed E-state index contributed by atoms with van der Waals surface area (Å²) in [5, 5.41) is 10.4. The number of carbonyl (C=O) groups excluding carboxylic acids is 2. The molecule has 0 bridgehead atoms. The molecule has 30 heavy (non-hydrogen) atoms. The largest absolute Gasteiger partial charge is 0.388 e. The molecule has 0 saturated carbocycles. The standard InChI is InChI=1S/C24H31NO4S/c1-3-4-5-6-23(27)18-7-9-19(10-8-18)25-22(17(2)13-24(25)28)16-29-15-21-12-11-20(14-26)30-21/h7-12,14,17,22-23,27H,3-6,13,15-16H2,1-2H3/t17?,22-,23?/m0/s1. The predicted octanol–water partition coefficient (Wildman–Crippen LogP) is 5.13. The Morgan fingerprint density at radius 2 is 2.00 bits per heavy atom. The van der Waals surface area contributed by atoms with Gasteiger partial charge in [0.25, 0.3) is 0 Å². The Kier molecular flexibility index (Phi) is 8.19. The van der Waals surface area contributed by atoms with Gasteiger partial charge in [-0.05, 0) is 42.2 Å². The van der Waals surface area contributed by atoms with Crippen LogP contribution in [0.3, 0.4) is 0 Å². The molecule has 2 unspecified atom stereocenters. The summed E-state index contributed by atoms with van der Waals surface area (Å²) in [6, 6.07) is 11.4. The van der Waals surface area contributed by atoms with Gasteiger partial charge in [-0.2, -0.15) is 0 Å². The minimum Gasteiger partial charge on any atom is -0.388 e. The number of benzene rings is 1. The van der Waals surface area contributed by atoms with E-state index in [9.17, 15) is 14.7 Å². The first-order chi connectivity index (χ1) is 14.5. The van der Waals surface area contributed by atoms with Crippen molar-refractivity contribution in [2.24, 2.45) is 5.92 Å². The van der Waals surface area contributed by atoms with Crippen molar-refractivity contribution in [3.8, 4) is 0 Å². The van der Waals surface area contributed by atoms with Crippen molar-refractivity contribution in [2.45, 2.75) is 64.7 Å². The van der Waals surface area contributed by atoms with E-state index in [0.29, 0.717) is 24.5 Å². The van der Waals surface area contributed by atoms with Crippen LogP contribution in [0, 0.1) is 5.92 Å². The second-order valence-electron chi connectivity index (χ2n) is 8.05. The van der Waals surface area contributed by atoms with Crippen LogP contribution in [0.15, 0.2) is 36.4 Å². The van der Waals surface area contributed by atoms with E-state index < -0.39 is 6.10 Å². The van der Waals surface area contributed by atoms with Gasteiger partial charge >= 0.3 is 0 Å². The lowest BCUT2D eigenvalue weighted by Gasteiger charge is -2.27. The van der Waals surface area contributed by atoms with Crippen molar-refractivity contribution < 1.29 is 19.4 Å². The lowest BCUT2D eigenvalue weighted by molar-refractivity contribution is -0.117. The van der Waals surface area contributed by atoms with Crippen molar-refractivity contribution in [1.82, 2.24) is 0 Å². The van der Waals surface area contributed by atoms with Gasteiger partial charge in [-0.1, -0.05) is 45.2 Å². The van der Waals surface area contributed by atoms with Crippen LogP contribution in [-0.4, -0.2) is 29.9 Å². The average Bonchev–Trinajstić information content (AvgIpc) is 3.32. The fourth-order valence-electron chi connectivity index (χ4n) is 3.95. The molecular formula is C24H31NO4S. The Labute approximate surface area is 182 Å². The number of aliphatic hydroxyl groups is 1. The van der Waals surface area contributed by atoms with Crippen LogP contribution in [0.2, 0.25) is 0 Å². The summed E-state index contributed by atoms with van der Waals surface area (Å²) in [6.07, 6.45) is 4.92. The maximum Gasteiger partial charge on any atom is 0.227 e. The molecule has 3 atom stereocenters. The zero-order valence-electron chi connectivity index (χ0n) is 17.8. The second-order valence-corrected chi connectivity index (χ2v) is 9.25. The third kappa shape index (κ3) is 5.56. The van der Waals surface area contributed by atoms with Gasteiger partial charge in [0.05, 0.1) is 30.2 Å². The quantitative estimate of drug-likeness (QED) is 0.397. The first-order valence-corrected chi connectivity index (χ1v) is 11.6. The van der Waals surface area contributed by atoms with E-state index in [0.717, 1.165) is 48.1 Å². The van der Waals surface area contributed by atoms with Crippen molar-refractivity contribution in [3.63, 3.8) is 0 Å². The molecule has 1 aromatic carbocycles. The number of amides is 1. The fraction of sp³-hybridized carbons (Fsp3) is 0.500. The SMILES string of the molecule is CCCCCC(O)c1ccc(N2C(=O)CC(C)[C@@H]2COCc2ccc(C=O)s2)cc1. The fourth-order valence-corrected chi connectivity index (χ4v) is 4.72. The molecule has 162 valence electrons. The van der Waals surface area contributed by atoms with Crippen LogP contribution in [0.5, 0.6) is 0 Å². The summed E-state index contributed by atoms with van der Waals surface area (Å²) in [5.41, 5.74) is 1.74. The Morgan fingerprint density at radius 1 is 1.23 bits per heavy atom. The summed E-state index contributed by atoms with van der Waals surface area (Å²) < 4.78 is 5.91. The molecule has 0 radical (unpaired) electrons. The molecule has 1 amide bonds. The highest BCUT2D eigenvalue weighted by Crippen LogP contribution is 2.32. The molecule has 0 aliphatic carbocycles. The molecule has 1 aromatic heterocycles. The number of hydrogen-bond donors (Lipinski definition) is 1. The Hall–Kier alpha value is -2.02. The molecular weight excluding hydrogens is 398 g/mol.